The number of aromatic carboxylic acids is 1. The molecule has 1 aromatic rings. The highest BCUT2D eigenvalue weighted by Crippen LogP contribution is 2.25. The summed E-state index contributed by atoms with van der Waals surface area (Å²) in [6.07, 6.45) is 1.71. The minimum atomic E-state index is -3.88. The van der Waals surface area contributed by atoms with Crippen molar-refractivity contribution in [2.24, 2.45) is 0 Å². The molecule has 0 unspecified atom stereocenters. The summed E-state index contributed by atoms with van der Waals surface area (Å²) in [6, 6.07) is 1.81. The summed E-state index contributed by atoms with van der Waals surface area (Å²) in [5, 5.41) is 8.63. The van der Waals surface area contributed by atoms with Crippen molar-refractivity contribution in [1.82, 2.24) is 0 Å². The largest absolute Gasteiger partial charge is 0.478 e. The molecule has 1 rings (SSSR count). The summed E-state index contributed by atoms with van der Waals surface area (Å²) < 4.78 is 37.5. The topological polar surface area (TPSA) is 71.4 Å². The molecule has 0 aromatic heterocycles. The maximum absolute atomic E-state index is 13.8. The van der Waals surface area contributed by atoms with Gasteiger partial charge in [-0.2, -0.15) is 11.8 Å². The van der Waals surface area contributed by atoms with Crippen molar-refractivity contribution in [3.8, 4) is 0 Å². The maximum Gasteiger partial charge on any atom is 0.338 e. The number of carboxylic acids is 1. The zero-order valence-corrected chi connectivity index (χ0v) is 11.7. The SMILES string of the molecule is CSCCS(=O)(=O)c1cc(Cl)cc(C(=O)O)c1F. The summed E-state index contributed by atoms with van der Waals surface area (Å²) in [6.45, 7) is 0. The van der Waals surface area contributed by atoms with Gasteiger partial charge in [0.05, 0.1) is 11.3 Å². The molecule has 0 saturated heterocycles. The van der Waals surface area contributed by atoms with Crippen molar-refractivity contribution in [2.45, 2.75) is 4.90 Å². The predicted octanol–water partition coefficient (Wildman–Crippen LogP) is 2.31. The van der Waals surface area contributed by atoms with Crippen molar-refractivity contribution >= 4 is 39.2 Å². The molecule has 1 aromatic carbocycles. The van der Waals surface area contributed by atoms with Crippen LogP contribution >= 0.6 is 23.4 Å². The van der Waals surface area contributed by atoms with Crippen LogP contribution in [-0.2, 0) is 9.84 Å². The van der Waals surface area contributed by atoms with E-state index in [1.165, 1.54) is 11.8 Å². The Kier molecular flexibility index (Phi) is 5.01. The third kappa shape index (κ3) is 3.37. The van der Waals surface area contributed by atoms with E-state index < -0.39 is 32.1 Å². The summed E-state index contributed by atoms with van der Waals surface area (Å²) in [5.74, 6) is -2.81. The zero-order valence-electron chi connectivity index (χ0n) is 9.31. The first-order chi connectivity index (χ1) is 8.29. The fraction of sp³-hybridized carbons (Fsp3) is 0.300. The van der Waals surface area contributed by atoms with Crippen LogP contribution in [-0.4, -0.2) is 37.3 Å². The molecule has 0 amide bonds. The molecule has 0 atom stereocenters. The Bertz CT molecular complexity index is 571. The van der Waals surface area contributed by atoms with Crippen molar-refractivity contribution in [3.63, 3.8) is 0 Å². The Morgan fingerprint density at radius 2 is 2.11 bits per heavy atom. The van der Waals surface area contributed by atoms with E-state index >= 15 is 0 Å². The summed E-state index contributed by atoms with van der Waals surface area (Å²) in [7, 11) is -3.88. The number of rotatable bonds is 5. The van der Waals surface area contributed by atoms with Crippen LogP contribution in [0.4, 0.5) is 4.39 Å². The third-order valence-corrected chi connectivity index (χ3v) is 4.92. The molecule has 0 aliphatic carbocycles. The van der Waals surface area contributed by atoms with Gasteiger partial charge in [0.25, 0.3) is 0 Å². The van der Waals surface area contributed by atoms with Gasteiger partial charge in [0.2, 0.25) is 0 Å². The molecular weight excluding hydrogens is 303 g/mol. The number of hydrogen-bond donors (Lipinski definition) is 1. The van der Waals surface area contributed by atoms with E-state index in [-0.39, 0.29) is 16.5 Å². The normalized spacial score (nSPS) is 11.5. The molecule has 0 fully saturated rings. The second-order valence-corrected chi connectivity index (χ2v) is 6.88. The Balaban J connectivity index is 3.37. The molecule has 0 saturated carbocycles. The average molecular weight is 313 g/mol. The summed E-state index contributed by atoms with van der Waals surface area (Å²) >= 11 is 6.90. The van der Waals surface area contributed by atoms with Crippen molar-refractivity contribution in [3.05, 3.63) is 28.5 Å². The van der Waals surface area contributed by atoms with Crippen LogP contribution in [0.15, 0.2) is 17.0 Å². The van der Waals surface area contributed by atoms with Crippen molar-refractivity contribution in [2.75, 3.05) is 17.8 Å². The van der Waals surface area contributed by atoms with E-state index in [9.17, 15) is 17.6 Å². The van der Waals surface area contributed by atoms with E-state index in [0.717, 1.165) is 12.1 Å². The first kappa shape index (κ1) is 15.3. The molecule has 8 heteroatoms. The lowest BCUT2D eigenvalue weighted by atomic mass is 10.2. The van der Waals surface area contributed by atoms with Gasteiger partial charge in [-0.3, -0.25) is 0 Å². The molecule has 0 aliphatic heterocycles. The third-order valence-electron chi connectivity index (χ3n) is 2.13. The van der Waals surface area contributed by atoms with Gasteiger partial charge in [0.15, 0.2) is 15.7 Å². The van der Waals surface area contributed by atoms with Crippen LogP contribution in [0.1, 0.15) is 10.4 Å². The van der Waals surface area contributed by atoms with Crippen LogP contribution in [0.2, 0.25) is 5.02 Å². The van der Waals surface area contributed by atoms with Crippen LogP contribution in [0.25, 0.3) is 0 Å². The van der Waals surface area contributed by atoms with Gasteiger partial charge < -0.3 is 5.11 Å². The Morgan fingerprint density at radius 1 is 1.50 bits per heavy atom. The van der Waals surface area contributed by atoms with Crippen molar-refractivity contribution < 1.29 is 22.7 Å². The molecular formula is C10H10ClFO4S2. The highest BCUT2D eigenvalue weighted by Gasteiger charge is 2.24. The molecule has 18 heavy (non-hydrogen) atoms. The summed E-state index contributed by atoms with van der Waals surface area (Å²) in [5.41, 5.74) is -0.745. The van der Waals surface area contributed by atoms with E-state index in [2.05, 4.69) is 0 Å². The van der Waals surface area contributed by atoms with Crippen LogP contribution in [0.3, 0.4) is 0 Å². The van der Waals surface area contributed by atoms with Crippen LogP contribution < -0.4 is 0 Å². The van der Waals surface area contributed by atoms with Gasteiger partial charge in [0, 0.05) is 10.8 Å². The molecule has 0 radical (unpaired) electrons. The lowest BCUT2D eigenvalue weighted by Crippen LogP contribution is -2.13. The number of thioether (sulfide) groups is 1. The molecule has 0 heterocycles. The highest BCUT2D eigenvalue weighted by atomic mass is 35.5. The minimum absolute atomic E-state index is 0.128. The maximum atomic E-state index is 13.8. The number of sulfone groups is 1. The van der Waals surface area contributed by atoms with Gasteiger partial charge in [-0.15, -0.1) is 0 Å². The predicted molar refractivity (Wildman–Crippen MR) is 68.8 cm³/mol. The van der Waals surface area contributed by atoms with E-state index in [1.54, 1.807) is 6.26 Å². The lowest BCUT2D eigenvalue weighted by Gasteiger charge is -2.07. The standard InChI is InChI=1S/C10H10ClFO4S2/c1-17-2-3-18(15,16)8-5-6(11)4-7(9(8)12)10(13)14/h4-5H,2-3H2,1H3,(H,13,14). The first-order valence-corrected chi connectivity index (χ1v) is 8.16. The Labute approximate surface area is 113 Å². The fourth-order valence-corrected chi connectivity index (χ4v) is 3.99. The molecule has 1 N–H and O–H groups in total. The minimum Gasteiger partial charge on any atom is -0.478 e. The number of carbonyl (C=O) groups is 1. The van der Waals surface area contributed by atoms with Gasteiger partial charge in [0.1, 0.15) is 4.90 Å². The molecule has 100 valence electrons. The van der Waals surface area contributed by atoms with Crippen LogP contribution in [0.5, 0.6) is 0 Å². The fourth-order valence-electron chi connectivity index (χ4n) is 1.25. The highest BCUT2D eigenvalue weighted by molar-refractivity contribution is 8.00. The molecule has 0 spiro atoms. The van der Waals surface area contributed by atoms with Gasteiger partial charge in [-0.05, 0) is 18.4 Å². The van der Waals surface area contributed by atoms with Crippen molar-refractivity contribution in [1.29, 1.82) is 0 Å². The monoisotopic (exact) mass is 312 g/mol. The number of benzene rings is 1. The zero-order chi connectivity index (χ0) is 13.9. The number of carboxylic acid groups (broad SMARTS) is 1. The van der Waals surface area contributed by atoms with Gasteiger partial charge in [-0.1, -0.05) is 11.6 Å². The molecule has 0 bridgehead atoms. The Hall–Kier alpha value is -0.790. The number of halogens is 2. The average Bonchev–Trinajstić information content (AvgIpc) is 2.28. The van der Waals surface area contributed by atoms with Gasteiger partial charge >= 0.3 is 5.97 Å². The van der Waals surface area contributed by atoms with Gasteiger partial charge in [-0.25, -0.2) is 17.6 Å². The summed E-state index contributed by atoms with van der Waals surface area (Å²) in [4.78, 5) is 10.1. The van der Waals surface area contributed by atoms with E-state index in [0.29, 0.717) is 0 Å². The lowest BCUT2D eigenvalue weighted by molar-refractivity contribution is 0.0691. The molecule has 4 nitrogen and oxygen atoms in total. The second-order valence-electron chi connectivity index (χ2n) is 3.38. The van der Waals surface area contributed by atoms with E-state index in [4.69, 9.17) is 16.7 Å². The first-order valence-electron chi connectivity index (χ1n) is 4.73. The second kappa shape index (κ2) is 5.90. The Morgan fingerprint density at radius 3 is 2.61 bits per heavy atom. The number of hydrogen-bond acceptors (Lipinski definition) is 4. The molecule has 0 aliphatic rings. The van der Waals surface area contributed by atoms with Crippen LogP contribution in [0, 0.1) is 5.82 Å². The smallest absolute Gasteiger partial charge is 0.338 e. The quantitative estimate of drug-likeness (QED) is 0.903. The van der Waals surface area contributed by atoms with E-state index in [1.807, 2.05) is 0 Å².